The highest BCUT2D eigenvalue weighted by Crippen LogP contribution is 2.24. The fourth-order valence-electron chi connectivity index (χ4n) is 3.28. The molecule has 1 heterocycles. The molecule has 0 unspecified atom stereocenters. The topological polar surface area (TPSA) is 12.1 Å². The number of rotatable bonds is 4. The van der Waals surface area contributed by atoms with E-state index in [9.17, 15) is 0 Å². The Balaban J connectivity index is 0.00000192. The number of aryl methyl sites for hydroxylation is 2. The predicted octanol–water partition coefficient (Wildman–Crippen LogP) is 0.520. The van der Waals surface area contributed by atoms with E-state index in [1.807, 2.05) is 0 Å². The molecule has 4 heteroatoms. The van der Waals surface area contributed by atoms with Crippen LogP contribution in [0.15, 0.2) is 48.5 Å². The molecule has 1 aromatic heterocycles. The van der Waals surface area contributed by atoms with Crippen LogP contribution in [0.1, 0.15) is 13.8 Å². The van der Waals surface area contributed by atoms with Crippen LogP contribution in [-0.4, -0.2) is 17.7 Å². The molecular formula is C19H24ClN3. The van der Waals surface area contributed by atoms with Gasteiger partial charge in [0, 0.05) is 18.8 Å². The van der Waals surface area contributed by atoms with Crippen molar-refractivity contribution in [3.63, 3.8) is 0 Å². The summed E-state index contributed by atoms with van der Waals surface area (Å²) in [5.74, 6) is 1.23. The zero-order chi connectivity index (χ0) is 15.7. The summed E-state index contributed by atoms with van der Waals surface area (Å²) in [6, 6.07) is 17.4. The van der Waals surface area contributed by atoms with Crippen LogP contribution in [0.25, 0.3) is 22.4 Å². The number of hydrogen-bond acceptors (Lipinski definition) is 1. The smallest absolute Gasteiger partial charge is 0.289 e. The zero-order valence-electron chi connectivity index (χ0n) is 14.3. The van der Waals surface area contributed by atoms with Crippen molar-refractivity contribution in [1.29, 1.82) is 0 Å². The molecule has 0 spiro atoms. The minimum Gasteiger partial charge on any atom is -1.00 e. The van der Waals surface area contributed by atoms with Crippen molar-refractivity contribution in [3.8, 4) is 11.4 Å². The summed E-state index contributed by atoms with van der Waals surface area (Å²) in [5.41, 5.74) is 5.05. The van der Waals surface area contributed by atoms with Gasteiger partial charge in [-0.25, -0.2) is 9.13 Å². The van der Waals surface area contributed by atoms with E-state index in [0.29, 0.717) is 0 Å². The summed E-state index contributed by atoms with van der Waals surface area (Å²) >= 11 is 0. The predicted molar refractivity (Wildman–Crippen MR) is 93.1 cm³/mol. The van der Waals surface area contributed by atoms with Crippen LogP contribution in [0.3, 0.4) is 0 Å². The van der Waals surface area contributed by atoms with E-state index in [-0.39, 0.29) is 12.4 Å². The third-order valence-corrected chi connectivity index (χ3v) is 4.49. The quantitative estimate of drug-likeness (QED) is 0.636. The van der Waals surface area contributed by atoms with Gasteiger partial charge in [-0.15, -0.1) is 0 Å². The second kappa shape index (κ2) is 7.05. The molecule has 23 heavy (non-hydrogen) atoms. The number of anilines is 1. The molecule has 3 aromatic rings. The van der Waals surface area contributed by atoms with Gasteiger partial charge in [-0.1, -0.05) is 12.1 Å². The van der Waals surface area contributed by atoms with E-state index in [2.05, 4.69) is 90.5 Å². The van der Waals surface area contributed by atoms with Crippen LogP contribution >= 0.6 is 0 Å². The first kappa shape index (κ1) is 17.4. The highest BCUT2D eigenvalue weighted by molar-refractivity contribution is 5.76. The summed E-state index contributed by atoms with van der Waals surface area (Å²) in [6.07, 6.45) is 0. The maximum Gasteiger partial charge on any atom is 0.289 e. The SMILES string of the molecule is CCN(CC)c1ccc(-c2n(C)c3ccccc3[n+]2C)cc1.[Cl-]. The minimum atomic E-state index is 0. The average Bonchev–Trinajstić information content (AvgIpc) is 2.81. The molecule has 0 aliphatic heterocycles. The van der Waals surface area contributed by atoms with Crippen molar-refractivity contribution in [2.45, 2.75) is 13.8 Å². The van der Waals surface area contributed by atoms with Crippen LogP contribution in [0, 0.1) is 0 Å². The van der Waals surface area contributed by atoms with E-state index in [1.54, 1.807) is 0 Å². The summed E-state index contributed by atoms with van der Waals surface area (Å²) < 4.78 is 4.53. The van der Waals surface area contributed by atoms with Crippen LogP contribution in [0.2, 0.25) is 0 Å². The molecule has 0 aliphatic rings. The van der Waals surface area contributed by atoms with E-state index < -0.39 is 0 Å². The van der Waals surface area contributed by atoms with Crippen LogP contribution in [0.5, 0.6) is 0 Å². The number of imidazole rings is 1. The van der Waals surface area contributed by atoms with Gasteiger partial charge < -0.3 is 17.3 Å². The van der Waals surface area contributed by atoms with Gasteiger partial charge in [0.1, 0.15) is 0 Å². The summed E-state index contributed by atoms with van der Waals surface area (Å²) in [6.45, 7) is 6.47. The lowest BCUT2D eigenvalue weighted by Crippen LogP contribution is -3.00. The molecule has 3 nitrogen and oxygen atoms in total. The molecule has 0 radical (unpaired) electrons. The van der Waals surface area contributed by atoms with E-state index in [0.717, 1.165) is 13.1 Å². The summed E-state index contributed by atoms with van der Waals surface area (Å²) in [4.78, 5) is 2.37. The van der Waals surface area contributed by atoms with Crippen LogP contribution in [0.4, 0.5) is 5.69 Å². The molecule has 0 bridgehead atoms. The number of nitrogens with zero attached hydrogens (tertiary/aromatic N) is 3. The number of hydrogen-bond donors (Lipinski definition) is 0. The molecule has 0 N–H and O–H groups in total. The summed E-state index contributed by atoms with van der Waals surface area (Å²) in [5, 5.41) is 0. The standard InChI is InChI=1S/C19H24N3.ClH/c1-5-22(6-2)16-13-11-15(12-14-16)19-20(3)17-9-7-8-10-18(17)21(19)4;/h7-14H,5-6H2,1-4H3;1H/q+1;/p-1. The largest absolute Gasteiger partial charge is 1.00 e. The van der Waals surface area contributed by atoms with Crippen molar-refractivity contribution in [2.75, 3.05) is 18.0 Å². The van der Waals surface area contributed by atoms with Gasteiger partial charge in [-0.2, -0.15) is 0 Å². The Bertz CT molecular complexity index is 747. The normalized spacial score (nSPS) is 10.6. The maximum absolute atomic E-state index is 2.37. The third-order valence-electron chi connectivity index (χ3n) is 4.49. The van der Waals surface area contributed by atoms with Gasteiger partial charge in [-0.3, -0.25) is 0 Å². The second-order valence-corrected chi connectivity index (χ2v) is 5.65. The zero-order valence-corrected chi connectivity index (χ0v) is 15.0. The first-order valence-electron chi connectivity index (χ1n) is 7.96. The summed E-state index contributed by atoms with van der Waals surface area (Å²) in [7, 11) is 4.27. The molecule has 122 valence electrons. The van der Waals surface area contributed by atoms with Gasteiger partial charge in [0.25, 0.3) is 5.82 Å². The Morgan fingerprint density at radius 1 is 0.957 bits per heavy atom. The molecule has 0 saturated carbocycles. The number of fused-ring (bicyclic) bond motifs is 1. The molecule has 0 amide bonds. The average molecular weight is 330 g/mol. The molecule has 0 atom stereocenters. The fraction of sp³-hybridized carbons (Fsp3) is 0.316. The Hall–Kier alpha value is -2.00. The number of halogens is 1. The van der Waals surface area contributed by atoms with Crippen molar-refractivity contribution in [1.82, 2.24) is 4.57 Å². The lowest BCUT2D eigenvalue weighted by atomic mass is 10.1. The van der Waals surface area contributed by atoms with Gasteiger partial charge in [-0.05, 0) is 50.2 Å². The van der Waals surface area contributed by atoms with E-state index in [1.165, 1.54) is 28.1 Å². The van der Waals surface area contributed by atoms with Crippen LogP contribution < -0.4 is 21.9 Å². The maximum atomic E-state index is 2.37. The van der Waals surface area contributed by atoms with Crippen LogP contribution in [-0.2, 0) is 14.1 Å². The first-order valence-corrected chi connectivity index (χ1v) is 7.96. The first-order chi connectivity index (χ1) is 10.7. The highest BCUT2D eigenvalue weighted by Gasteiger charge is 2.21. The molecule has 0 fully saturated rings. The lowest BCUT2D eigenvalue weighted by Gasteiger charge is -2.20. The van der Waals surface area contributed by atoms with Gasteiger partial charge in [0.05, 0.1) is 19.7 Å². The lowest BCUT2D eigenvalue weighted by molar-refractivity contribution is -0.634. The van der Waals surface area contributed by atoms with Gasteiger partial charge in [0.15, 0.2) is 11.0 Å². The van der Waals surface area contributed by atoms with E-state index in [4.69, 9.17) is 0 Å². The molecule has 3 rings (SSSR count). The number of para-hydroxylation sites is 2. The Labute approximate surface area is 144 Å². The molecular weight excluding hydrogens is 306 g/mol. The van der Waals surface area contributed by atoms with E-state index >= 15 is 0 Å². The second-order valence-electron chi connectivity index (χ2n) is 5.65. The molecule has 2 aromatic carbocycles. The van der Waals surface area contributed by atoms with Crippen molar-refractivity contribution >= 4 is 16.7 Å². The third kappa shape index (κ3) is 2.93. The van der Waals surface area contributed by atoms with Gasteiger partial charge in [0.2, 0.25) is 0 Å². The Kier molecular flexibility index (Phi) is 5.32. The van der Waals surface area contributed by atoms with Crippen molar-refractivity contribution in [3.05, 3.63) is 48.5 Å². The highest BCUT2D eigenvalue weighted by atomic mass is 35.5. The minimum absolute atomic E-state index is 0. The van der Waals surface area contributed by atoms with Crippen molar-refractivity contribution in [2.24, 2.45) is 14.1 Å². The Morgan fingerprint density at radius 2 is 1.57 bits per heavy atom. The number of aromatic nitrogens is 2. The Morgan fingerprint density at radius 3 is 2.13 bits per heavy atom. The molecule has 0 aliphatic carbocycles. The number of benzene rings is 2. The van der Waals surface area contributed by atoms with Gasteiger partial charge >= 0.3 is 0 Å². The molecule has 0 saturated heterocycles. The monoisotopic (exact) mass is 329 g/mol. The van der Waals surface area contributed by atoms with Crippen molar-refractivity contribution < 1.29 is 17.0 Å². The fourth-order valence-corrected chi connectivity index (χ4v) is 3.28.